The number of hydrogen-bond donors (Lipinski definition) is 1. The molecule has 0 spiro atoms. The molecule has 21 heavy (non-hydrogen) atoms. The van der Waals surface area contributed by atoms with E-state index >= 15 is 0 Å². The molecular formula is C16H14N4O. The summed E-state index contributed by atoms with van der Waals surface area (Å²) in [6.45, 7) is 2.01. The van der Waals surface area contributed by atoms with Crippen molar-refractivity contribution in [2.75, 3.05) is 12.8 Å². The van der Waals surface area contributed by atoms with Crippen molar-refractivity contribution in [3.8, 4) is 17.5 Å². The molecule has 2 N–H and O–H groups in total. The standard InChI is InChI=1S/C16H14N4O/c1-10-4-3-5-12-15(10)20(16(18)19-12)13-7-6-11(9-17)8-14(13)21-2/h3-8H,1-2H3,(H2,18,19). The van der Waals surface area contributed by atoms with Gasteiger partial charge in [0.15, 0.2) is 0 Å². The average Bonchev–Trinajstić information content (AvgIpc) is 2.84. The Morgan fingerprint density at radius 2 is 2.10 bits per heavy atom. The highest BCUT2D eigenvalue weighted by atomic mass is 16.5. The fourth-order valence-corrected chi connectivity index (χ4v) is 2.49. The Morgan fingerprint density at radius 3 is 2.81 bits per heavy atom. The molecule has 0 fully saturated rings. The number of aryl methyl sites for hydroxylation is 1. The van der Waals surface area contributed by atoms with E-state index in [-0.39, 0.29) is 0 Å². The molecule has 5 heteroatoms. The third-order valence-electron chi connectivity index (χ3n) is 3.45. The second kappa shape index (κ2) is 4.84. The molecule has 0 aliphatic rings. The van der Waals surface area contributed by atoms with Crippen LogP contribution in [0.25, 0.3) is 16.7 Å². The molecule has 1 heterocycles. The third-order valence-corrected chi connectivity index (χ3v) is 3.45. The van der Waals surface area contributed by atoms with E-state index in [1.165, 1.54) is 0 Å². The number of ether oxygens (including phenoxy) is 1. The highest BCUT2D eigenvalue weighted by Crippen LogP contribution is 2.31. The number of aromatic nitrogens is 2. The van der Waals surface area contributed by atoms with E-state index in [2.05, 4.69) is 11.1 Å². The number of para-hydroxylation sites is 1. The van der Waals surface area contributed by atoms with Crippen LogP contribution in [0.4, 0.5) is 5.95 Å². The van der Waals surface area contributed by atoms with Gasteiger partial charge in [-0.3, -0.25) is 4.57 Å². The van der Waals surface area contributed by atoms with Crippen LogP contribution in [0.5, 0.6) is 5.75 Å². The minimum atomic E-state index is 0.391. The Morgan fingerprint density at radius 1 is 1.29 bits per heavy atom. The molecule has 0 radical (unpaired) electrons. The lowest BCUT2D eigenvalue weighted by Crippen LogP contribution is -2.03. The summed E-state index contributed by atoms with van der Waals surface area (Å²) in [7, 11) is 1.57. The average molecular weight is 278 g/mol. The van der Waals surface area contributed by atoms with Gasteiger partial charge in [0, 0.05) is 6.07 Å². The third kappa shape index (κ3) is 1.98. The van der Waals surface area contributed by atoms with Gasteiger partial charge in [0.05, 0.1) is 35.5 Å². The summed E-state index contributed by atoms with van der Waals surface area (Å²) < 4.78 is 7.25. The normalized spacial score (nSPS) is 10.5. The summed E-state index contributed by atoms with van der Waals surface area (Å²) >= 11 is 0. The Labute approximate surface area is 122 Å². The van der Waals surface area contributed by atoms with Gasteiger partial charge in [0.1, 0.15) is 5.75 Å². The van der Waals surface area contributed by atoms with Crippen molar-refractivity contribution < 1.29 is 4.74 Å². The van der Waals surface area contributed by atoms with Gasteiger partial charge in [-0.1, -0.05) is 12.1 Å². The summed E-state index contributed by atoms with van der Waals surface area (Å²) in [6.07, 6.45) is 0. The zero-order valence-corrected chi connectivity index (χ0v) is 11.8. The number of fused-ring (bicyclic) bond motifs is 1. The number of nitrogens with two attached hydrogens (primary N) is 1. The number of rotatable bonds is 2. The van der Waals surface area contributed by atoms with Gasteiger partial charge in [-0.25, -0.2) is 4.98 Å². The first-order valence-corrected chi connectivity index (χ1v) is 6.47. The number of nitrogen functional groups attached to an aromatic ring is 1. The molecule has 5 nitrogen and oxygen atoms in total. The minimum Gasteiger partial charge on any atom is -0.495 e. The summed E-state index contributed by atoms with van der Waals surface area (Å²) in [5.74, 6) is 0.977. The van der Waals surface area contributed by atoms with E-state index in [0.717, 1.165) is 22.3 Å². The quantitative estimate of drug-likeness (QED) is 0.782. The summed E-state index contributed by atoms with van der Waals surface area (Å²) in [5.41, 5.74) is 10.2. The summed E-state index contributed by atoms with van der Waals surface area (Å²) in [6, 6.07) is 13.2. The first kappa shape index (κ1) is 13.0. The van der Waals surface area contributed by atoms with Crippen LogP contribution in [-0.2, 0) is 0 Å². The Balaban J connectivity index is 2.36. The number of nitrogens with zero attached hydrogens (tertiary/aromatic N) is 3. The maximum absolute atomic E-state index is 9.00. The SMILES string of the molecule is COc1cc(C#N)ccc1-n1c(N)nc2cccc(C)c21. The monoisotopic (exact) mass is 278 g/mol. The molecule has 3 aromatic rings. The largest absolute Gasteiger partial charge is 0.495 e. The van der Waals surface area contributed by atoms with E-state index in [0.29, 0.717) is 17.3 Å². The van der Waals surface area contributed by atoms with Crippen LogP contribution in [0.3, 0.4) is 0 Å². The van der Waals surface area contributed by atoms with Crippen LogP contribution in [0.1, 0.15) is 11.1 Å². The number of benzene rings is 2. The highest BCUT2D eigenvalue weighted by Gasteiger charge is 2.15. The number of hydrogen-bond acceptors (Lipinski definition) is 4. The van der Waals surface area contributed by atoms with Crippen LogP contribution in [0, 0.1) is 18.3 Å². The predicted molar refractivity (Wildman–Crippen MR) is 81.5 cm³/mol. The van der Waals surface area contributed by atoms with Gasteiger partial charge >= 0.3 is 0 Å². The van der Waals surface area contributed by atoms with Crippen LogP contribution in [0.2, 0.25) is 0 Å². The number of imidazole rings is 1. The number of anilines is 1. The van der Waals surface area contributed by atoms with Gasteiger partial charge in [-0.15, -0.1) is 0 Å². The first-order valence-electron chi connectivity index (χ1n) is 6.47. The van der Waals surface area contributed by atoms with Gasteiger partial charge in [0.2, 0.25) is 5.95 Å². The van der Waals surface area contributed by atoms with Gasteiger partial charge in [-0.05, 0) is 30.7 Å². The van der Waals surface area contributed by atoms with Crippen molar-refractivity contribution in [3.05, 3.63) is 47.5 Å². The molecule has 1 aromatic heterocycles. The van der Waals surface area contributed by atoms with E-state index in [9.17, 15) is 0 Å². The van der Waals surface area contributed by atoms with Crippen LogP contribution in [-0.4, -0.2) is 16.7 Å². The smallest absolute Gasteiger partial charge is 0.206 e. The lowest BCUT2D eigenvalue weighted by atomic mass is 10.1. The van der Waals surface area contributed by atoms with E-state index in [1.807, 2.05) is 35.8 Å². The van der Waals surface area contributed by atoms with Crippen LogP contribution >= 0.6 is 0 Å². The molecule has 104 valence electrons. The second-order valence-corrected chi connectivity index (χ2v) is 4.75. The molecule has 0 bridgehead atoms. The van der Waals surface area contributed by atoms with Crippen LogP contribution in [0.15, 0.2) is 36.4 Å². The van der Waals surface area contributed by atoms with E-state index in [1.54, 1.807) is 19.2 Å². The molecule has 3 rings (SSSR count). The van der Waals surface area contributed by atoms with Crippen molar-refractivity contribution in [1.82, 2.24) is 9.55 Å². The summed E-state index contributed by atoms with van der Waals surface area (Å²) in [4.78, 5) is 4.39. The lowest BCUT2D eigenvalue weighted by Gasteiger charge is -2.12. The Hall–Kier alpha value is -3.00. The minimum absolute atomic E-state index is 0.391. The topological polar surface area (TPSA) is 76.9 Å². The first-order chi connectivity index (χ1) is 10.2. The van der Waals surface area contributed by atoms with Crippen LogP contribution < -0.4 is 10.5 Å². The van der Waals surface area contributed by atoms with E-state index in [4.69, 9.17) is 15.7 Å². The van der Waals surface area contributed by atoms with Crippen molar-refractivity contribution in [3.63, 3.8) is 0 Å². The zero-order valence-electron chi connectivity index (χ0n) is 11.8. The maximum Gasteiger partial charge on any atom is 0.206 e. The molecule has 0 aliphatic carbocycles. The lowest BCUT2D eigenvalue weighted by molar-refractivity contribution is 0.413. The molecular weight excluding hydrogens is 264 g/mol. The molecule has 0 aliphatic heterocycles. The number of methoxy groups -OCH3 is 1. The van der Waals surface area contributed by atoms with Crippen molar-refractivity contribution in [2.45, 2.75) is 6.92 Å². The fraction of sp³-hybridized carbons (Fsp3) is 0.125. The fourth-order valence-electron chi connectivity index (χ4n) is 2.49. The molecule has 2 aromatic carbocycles. The number of nitriles is 1. The molecule has 0 saturated heterocycles. The van der Waals surface area contributed by atoms with Gasteiger partial charge in [0.25, 0.3) is 0 Å². The Kier molecular flexibility index (Phi) is 2.99. The maximum atomic E-state index is 9.00. The summed E-state index contributed by atoms with van der Waals surface area (Å²) in [5, 5.41) is 9.00. The predicted octanol–water partition coefficient (Wildman–Crippen LogP) is 2.80. The molecule has 0 atom stereocenters. The van der Waals surface area contributed by atoms with Crippen molar-refractivity contribution in [2.24, 2.45) is 0 Å². The van der Waals surface area contributed by atoms with Gasteiger partial charge in [-0.2, -0.15) is 5.26 Å². The van der Waals surface area contributed by atoms with Crippen molar-refractivity contribution >= 4 is 17.0 Å². The van der Waals surface area contributed by atoms with Crippen molar-refractivity contribution in [1.29, 1.82) is 5.26 Å². The van der Waals surface area contributed by atoms with E-state index < -0.39 is 0 Å². The molecule has 0 amide bonds. The second-order valence-electron chi connectivity index (χ2n) is 4.75. The molecule has 0 unspecified atom stereocenters. The Bertz CT molecular complexity index is 874. The van der Waals surface area contributed by atoms with Gasteiger partial charge < -0.3 is 10.5 Å². The molecule has 0 saturated carbocycles. The highest BCUT2D eigenvalue weighted by molar-refractivity contribution is 5.84. The zero-order chi connectivity index (χ0) is 15.0.